The number of thioether (sulfide) groups is 1. The van der Waals surface area contributed by atoms with Crippen LogP contribution in [-0.2, 0) is 10.2 Å². The number of carbonyl (C=O) groups excluding carboxylic acids is 2. The molecule has 0 radical (unpaired) electrons. The molecule has 0 unspecified atom stereocenters. The molecule has 7 nitrogen and oxygen atoms in total. The lowest BCUT2D eigenvalue weighted by Crippen LogP contribution is -2.19. The van der Waals surface area contributed by atoms with E-state index in [0.29, 0.717) is 10.6 Å². The zero-order valence-corrected chi connectivity index (χ0v) is 16.1. The largest absolute Gasteiger partial charge is 0.366 e. The van der Waals surface area contributed by atoms with Gasteiger partial charge in [0, 0.05) is 17.3 Å². The molecule has 142 valence electrons. The monoisotopic (exact) mass is 387 g/mol. The highest BCUT2D eigenvalue weighted by molar-refractivity contribution is 8.00. The summed E-state index contributed by atoms with van der Waals surface area (Å²) in [5, 5.41) is 14.1. The van der Waals surface area contributed by atoms with Gasteiger partial charge in [-0.15, -0.1) is 11.8 Å². The van der Waals surface area contributed by atoms with Crippen LogP contribution >= 0.6 is 11.8 Å². The lowest BCUT2D eigenvalue weighted by molar-refractivity contribution is -0.387. The molecule has 0 heterocycles. The van der Waals surface area contributed by atoms with Crippen LogP contribution in [0.4, 0.5) is 11.4 Å². The highest BCUT2D eigenvalue weighted by Crippen LogP contribution is 2.31. The zero-order valence-electron chi connectivity index (χ0n) is 15.3. The first-order chi connectivity index (χ1) is 12.6. The molecule has 0 aliphatic heterocycles. The summed E-state index contributed by atoms with van der Waals surface area (Å²) in [5.41, 5.74) is 6.54. The van der Waals surface area contributed by atoms with E-state index >= 15 is 0 Å². The third-order valence-electron chi connectivity index (χ3n) is 3.81. The van der Waals surface area contributed by atoms with Gasteiger partial charge in [-0.3, -0.25) is 19.7 Å². The van der Waals surface area contributed by atoms with E-state index in [9.17, 15) is 19.7 Å². The number of nitrogens with zero attached hydrogens (tertiary/aromatic N) is 1. The minimum Gasteiger partial charge on any atom is -0.366 e. The number of hydrogen-bond acceptors (Lipinski definition) is 5. The Hall–Kier alpha value is -2.87. The van der Waals surface area contributed by atoms with Crippen LogP contribution in [0.2, 0.25) is 0 Å². The number of nitrogens with one attached hydrogen (secondary N) is 1. The molecule has 0 aliphatic carbocycles. The maximum atomic E-state index is 12.3. The van der Waals surface area contributed by atoms with E-state index in [2.05, 4.69) is 26.1 Å². The number of hydrogen-bond donors (Lipinski definition) is 2. The second-order valence-electron chi connectivity index (χ2n) is 6.94. The van der Waals surface area contributed by atoms with Gasteiger partial charge in [-0.2, -0.15) is 0 Å². The molecular formula is C19H21N3O4S. The van der Waals surface area contributed by atoms with Crippen molar-refractivity contribution in [2.24, 2.45) is 5.73 Å². The third-order valence-corrected chi connectivity index (χ3v) is 4.87. The molecule has 0 bridgehead atoms. The fourth-order valence-electron chi connectivity index (χ4n) is 2.51. The first-order valence-electron chi connectivity index (χ1n) is 8.20. The predicted octanol–water partition coefficient (Wildman–Crippen LogP) is 3.72. The molecule has 2 rings (SSSR count). The SMILES string of the molecule is CC(C)(C)c1ccccc1NC(=O)CSc1ccc(C(N)=O)cc1[N+](=O)[O-]. The number of para-hydroxylation sites is 1. The van der Waals surface area contributed by atoms with Crippen molar-refractivity contribution >= 4 is 35.0 Å². The number of amides is 2. The van der Waals surface area contributed by atoms with Crippen LogP contribution in [0.15, 0.2) is 47.4 Å². The van der Waals surface area contributed by atoms with Crippen molar-refractivity contribution in [2.75, 3.05) is 11.1 Å². The lowest BCUT2D eigenvalue weighted by atomic mass is 9.86. The molecule has 0 aromatic heterocycles. The van der Waals surface area contributed by atoms with E-state index < -0.39 is 10.8 Å². The van der Waals surface area contributed by atoms with Crippen molar-refractivity contribution in [2.45, 2.75) is 31.1 Å². The van der Waals surface area contributed by atoms with Gasteiger partial charge < -0.3 is 11.1 Å². The number of rotatable bonds is 6. The van der Waals surface area contributed by atoms with Gasteiger partial charge in [0.15, 0.2) is 0 Å². The normalized spacial score (nSPS) is 11.1. The Kier molecular flexibility index (Phi) is 6.22. The van der Waals surface area contributed by atoms with Crippen LogP contribution in [0, 0.1) is 10.1 Å². The second-order valence-corrected chi connectivity index (χ2v) is 7.95. The third kappa shape index (κ3) is 5.30. The first-order valence-corrected chi connectivity index (χ1v) is 9.18. The first kappa shape index (κ1) is 20.4. The predicted molar refractivity (Wildman–Crippen MR) is 106 cm³/mol. The van der Waals surface area contributed by atoms with Gasteiger partial charge in [0.05, 0.1) is 15.6 Å². The van der Waals surface area contributed by atoms with Gasteiger partial charge >= 0.3 is 0 Å². The summed E-state index contributed by atoms with van der Waals surface area (Å²) in [6.45, 7) is 6.16. The average molecular weight is 387 g/mol. The molecule has 3 N–H and O–H groups in total. The average Bonchev–Trinajstić information content (AvgIpc) is 2.59. The molecule has 2 amide bonds. The molecule has 0 fully saturated rings. The van der Waals surface area contributed by atoms with E-state index in [1.54, 1.807) is 0 Å². The van der Waals surface area contributed by atoms with E-state index in [1.807, 2.05) is 24.3 Å². The van der Waals surface area contributed by atoms with E-state index in [-0.39, 0.29) is 28.3 Å². The maximum absolute atomic E-state index is 12.3. The van der Waals surface area contributed by atoms with Crippen molar-refractivity contribution in [3.05, 3.63) is 63.7 Å². The molecule has 0 spiro atoms. The van der Waals surface area contributed by atoms with Crippen LogP contribution in [0.3, 0.4) is 0 Å². The van der Waals surface area contributed by atoms with Gasteiger partial charge in [-0.1, -0.05) is 39.0 Å². The Balaban J connectivity index is 2.13. The van der Waals surface area contributed by atoms with Crippen molar-refractivity contribution in [1.29, 1.82) is 0 Å². The quantitative estimate of drug-likeness (QED) is 0.445. The fraction of sp³-hybridized carbons (Fsp3) is 0.263. The molecule has 2 aromatic rings. The molecule has 27 heavy (non-hydrogen) atoms. The fourth-order valence-corrected chi connectivity index (χ4v) is 3.32. The lowest BCUT2D eigenvalue weighted by Gasteiger charge is -2.23. The summed E-state index contributed by atoms with van der Waals surface area (Å²) in [4.78, 5) is 34.5. The summed E-state index contributed by atoms with van der Waals surface area (Å²) in [6, 6.07) is 11.5. The van der Waals surface area contributed by atoms with Gasteiger partial charge in [-0.25, -0.2) is 0 Å². The zero-order chi connectivity index (χ0) is 20.2. The maximum Gasteiger partial charge on any atom is 0.283 e. The van der Waals surface area contributed by atoms with E-state index in [1.165, 1.54) is 12.1 Å². The summed E-state index contributed by atoms with van der Waals surface area (Å²) in [7, 11) is 0. The molecular weight excluding hydrogens is 366 g/mol. The van der Waals surface area contributed by atoms with Crippen LogP contribution in [0.5, 0.6) is 0 Å². The summed E-state index contributed by atoms with van der Waals surface area (Å²) in [5.74, 6) is -1.02. The van der Waals surface area contributed by atoms with Crippen LogP contribution in [0.25, 0.3) is 0 Å². The van der Waals surface area contributed by atoms with Crippen molar-refractivity contribution < 1.29 is 14.5 Å². The van der Waals surface area contributed by atoms with E-state index in [4.69, 9.17) is 5.73 Å². The Morgan fingerprint density at radius 2 is 1.85 bits per heavy atom. The summed E-state index contributed by atoms with van der Waals surface area (Å²) in [6.07, 6.45) is 0. The smallest absolute Gasteiger partial charge is 0.283 e. The molecule has 8 heteroatoms. The number of carbonyl (C=O) groups is 2. The topological polar surface area (TPSA) is 115 Å². The van der Waals surface area contributed by atoms with Gasteiger partial charge in [0.25, 0.3) is 5.69 Å². The van der Waals surface area contributed by atoms with Crippen molar-refractivity contribution in [3.8, 4) is 0 Å². The number of primary amides is 1. The van der Waals surface area contributed by atoms with Crippen LogP contribution in [0.1, 0.15) is 36.7 Å². The molecule has 0 atom stereocenters. The second kappa shape index (κ2) is 8.22. The number of nitro groups is 1. The minimum absolute atomic E-state index is 0.00473. The highest BCUT2D eigenvalue weighted by Gasteiger charge is 2.20. The van der Waals surface area contributed by atoms with Gasteiger partial charge in [0.1, 0.15) is 0 Å². The summed E-state index contributed by atoms with van der Waals surface area (Å²) >= 11 is 1.03. The van der Waals surface area contributed by atoms with Crippen molar-refractivity contribution in [3.63, 3.8) is 0 Å². The van der Waals surface area contributed by atoms with Crippen molar-refractivity contribution in [1.82, 2.24) is 0 Å². The Bertz CT molecular complexity index is 891. The number of benzene rings is 2. The van der Waals surface area contributed by atoms with Gasteiger partial charge in [0.2, 0.25) is 11.8 Å². The molecule has 0 aliphatic rings. The number of anilines is 1. The van der Waals surface area contributed by atoms with Crippen LogP contribution in [-0.4, -0.2) is 22.5 Å². The number of nitrogens with two attached hydrogens (primary N) is 1. The van der Waals surface area contributed by atoms with Gasteiger partial charge in [-0.05, 0) is 29.2 Å². The number of nitro benzene ring substituents is 1. The highest BCUT2D eigenvalue weighted by atomic mass is 32.2. The Morgan fingerprint density at radius 3 is 2.44 bits per heavy atom. The Morgan fingerprint density at radius 1 is 1.19 bits per heavy atom. The molecule has 0 saturated carbocycles. The molecule has 0 saturated heterocycles. The van der Waals surface area contributed by atoms with Crippen LogP contribution < -0.4 is 11.1 Å². The summed E-state index contributed by atoms with van der Waals surface area (Å²) < 4.78 is 0. The molecule has 2 aromatic carbocycles. The Labute approximate surface area is 161 Å². The van der Waals surface area contributed by atoms with E-state index in [0.717, 1.165) is 23.4 Å². The standard InChI is InChI=1S/C19H21N3O4S/c1-19(2,3)13-6-4-5-7-14(13)21-17(23)11-27-16-9-8-12(18(20)24)10-15(16)22(25)26/h4-10H,11H2,1-3H3,(H2,20,24)(H,21,23). The minimum atomic E-state index is -0.744.